The SMILES string of the molecule is C/C=C(\C=C(/N)N1CCCCCCC1)CCNCC/C(C)=C1/C/C(=C\CC)OCO1. The van der Waals surface area contributed by atoms with E-state index in [0.29, 0.717) is 6.79 Å². The van der Waals surface area contributed by atoms with Crippen LogP contribution in [0.15, 0.2) is 46.7 Å². The predicted octanol–water partition coefficient (Wildman–Crippen LogP) is 5.33. The van der Waals surface area contributed by atoms with E-state index in [1.807, 2.05) is 0 Å². The normalized spacial score (nSPS) is 22.2. The fourth-order valence-corrected chi connectivity index (χ4v) is 3.93. The van der Waals surface area contributed by atoms with Gasteiger partial charge >= 0.3 is 0 Å². The molecule has 0 unspecified atom stereocenters. The highest BCUT2D eigenvalue weighted by Crippen LogP contribution is 2.24. The van der Waals surface area contributed by atoms with Crippen molar-refractivity contribution in [3.8, 4) is 0 Å². The first-order chi connectivity index (χ1) is 14.6. The Bertz CT molecular complexity index is 626. The molecule has 0 aromatic heterocycles. The summed E-state index contributed by atoms with van der Waals surface area (Å²) < 4.78 is 11.2. The number of nitrogens with two attached hydrogens (primary N) is 1. The Morgan fingerprint density at radius 2 is 1.77 bits per heavy atom. The van der Waals surface area contributed by atoms with Crippen molar-refractivity contribution in [3.05, 3.63) is 46.7 Å². The molecule has 0 atom stereocenters. The van der Waals surface area contributed by atoms with Crippen molar-refractivity contribution < 1.29 is 9.47 Å². The highest BCUT2D eigenvalue weighted by atomic mass is 16.7. The van der Waals surface area contributed by atoms with Gasteiger partial charge in [-0.15, -0.1) is 0 Å². The number of rotatable bonds is 9. The molecule has 0 spiro atoms. The van der Waals surface area contributed by atoms with E-state index in [-0.39, 0.29) is 0 Å². The van der Waals surface area contributed by atoms with Gasteiger partial charge in [0, 0.05) is 13.1 Å². The average molecular weight is 418 g/mol. The molecule has 170 valence electrons. The summed E-state index contributed by atoms with van der Waals surface area (Å²) in [5.74, 6) is 3.03. The number of hydrogen-bond donors (Lipinski definition) is 2. The molecule has 2 aliphatic rings. The molecule has 5 heteroatoms. The summed E-state index contributed by atoms with van der Waals surface area (Å²) in [4.78, 5) is 2.36. The van der Waals surface area contributed by atoms with Crippen LogP contribution in [-0.2, 0) is 9.47 Å². The van der Waals surface area contributed by atoms with Gasteiger partial charge in [-0.1, -0.05) is 32.3 Å². The van der Waals surface area contributed by atoms with Gasteiger partial charge in [-0.2, -0.15) is 0 Å². The van der Waals surface area contributed by atoms with Crippen molar-refractivity contribution in [1.29, 1.82) is 0 Å². The van der Waals surface area contributed by atoms with Gasteiger partial charge in [-0.3, -0.25) is 0 Å². The van der Waals surface area contributed by atoms with Gasteiger partial charge in [0.05, 0.1) is 12.2 Å². The van der Waals surface area contributed by atoms with Gasteiger partial charge in [0.15, 0.2) is 0 Å². The minimum Gasteiger partial charge on any atom is -0.462 e. The largest absolute Gasteiger partial charge is 0.462 e. The average Bonchev–Trinajstić information content (AvgIpc) is 2.72. The molecule has 0 saturated carbocycles. The summed E-state index contributed by atoms with van der Waals surface area (Å²) in [5.41, 5.74) is 9.03. The molecule has 0 radical (unpaired) electrons. The lowest BCUT2D eigenvalue weighted by atomic mass is 10.1. The van der Waals surface area contributed by atoms with E-state index in [9.17, 15) is 0 Å². The van der Waals surface area contributed by atoms with E-state index in [1.165, 1.54) is 43.3 Å². The Morgan fingerprint density at radius 1 is 1.07 bits per heavy atom. The van der Waals surface area contributed by atoms with Gasteiger partial charge < -0.3 is 25.4 Å². The molecule has 2 fully saturated rings. The number of nitrogens with one attached hydrogen (secondary N) is 1. The number of allylic oxidation sites excluding steroid dienone is 3. The fourth-order valence-electron chi connectivity index (χ4n) is 3.93. The second-order valence-electron chi connectivity index (χ2n) is 8.30. The van der Waals surface area contributed by atoms with E-state index in [2.05, 4.69) is 49.2 Å². The predicted molar refractivity (Wildman–Crippen MR) is 126 cm³/mol. The lowest BCUT2D eigenvalue weighted by Crippen LogP contribution is -2.31. The van der Waals surface area contributed by atoms with Crippen LogP contribution in [0.5, 0.6) is 0 Å². The third-order valence-electron chi connectivity index (χ3n) is 5.91. The maximum absolute atomic E-state index is 6.42. The van der Waals surface area contributed by atoms with E-state index < -0.39 is 0 Å². The van der Waals surface area contributed by atoms with Crippen molar-refractivity contribution in [1.82, 2.24) is 10.2 Å². The van der Waals surface area contributed by atoms with E-state index in [0.717, 1.165) is 69.2 Å². The molecule has 5 nitrogen and oxygen atoms in total. The Labute approximate surface area is 184 Å². The van der Waals surface area contributed by atoms with E-state index >= 15 is 0 Å². The first-order valence-electron chi connectivity index (χ1n) is 11.8. The number of nitrogens with zero attached hydrogens (tertiary/aromatic N) is 1. The Hall–Kier alpha value is -1.88. The first-order valence-corrected chi connectivity index (χ1v) is 11.8. The molecule has 0 bridgehead atoms. The van der Waals surface area contributed by atoms with Gasteiger partial charge in [0.2, 0.25) is 6.79 Å². The summed E-state index contributed by atoms with van der Waals surface area (Å²) in [6.07, 6.45) is 16.8. The minimum absolute atomic E-state index is 0.335. The third kappa shape index (κ3) is 8.86. The van der Waals surface area contributed by atoms with Gasteiger partial charge in [0.1, 0.15) is 11.5 Å². The molecule has 0 amide bonds. The van der Waals surface area contributed by atoms with Crippen LogP contribution in [0.1, 0.15) is 78.6 Å². The second-order valence-corrected chi connectivity index (χ2v) is 8.30. The molecule has 0 aromatic rings. The van der Waals surface area contributed by atoms with Gasteiger partial charge in [0.25, 0.3) is 0 Å². The summed E-state index contributed by atoms with van der Waals surface area (Å²) in [5, 5.41) is 3.57. The summed E-state index contributed by atoms with van der Waals surface area (Å²) in [6.45, 7) is 10.8. The smallest absolute Gasteiger partial charge is 0.229 e. The number of hydrogen-bond acceptors (Lipinski definition) is 5. The maximum Gasteiger partial charge on any atom is 0.229 e. The highest BCUT2D eigenvalue weighted by molar-refractivity contribution is 5.21. The molecule has 2 saturated heterocycles. The van der Waals surface area contributed by atoms with Gasteiger partial charge in [-0.25, -0.2) is 0 Å². The van der Waals surface area contributed by atoms with Crippen LogP contribution in [0.2, 0.25) is 0 Å². The molecule has 30 heavy (non-hydrogen) atoms. The zero-order chi connectivity index (χ0) is 21.6. The highest BCUT2D eigenvalue weighted by Gasteiger charge is 2.14. The Kier molecular flexibility index (Phi) is 11.5. The minimum atomic E-state index is 0.335. The van der Waals surface area contributed by atoms with Crippen molar-refractivity contribution in [2.24, 2.45) is 5.73 Å². The van der Waals surface area contributed by atoms with Crippen LogP contribution in [0.25, 0.3) is 0 Å². The first kappa shape index (κ1) is 24.4. The van der Waals surface area contributed by atoms with E-state index in [1.54, 1.807) is 0 Å². The maximum atomic E-state index is 6.42. The molecule has 2 rings (SSSR count). The van der Waals surface area contributed by atoms with Crippen molar-refractivity contribution in [2.45, 2.75) is 78.6 Å². The molecule has 0 aromatic carbocycles. The van der Waals surface area contributed by atoms with E-state index in [4.69, 9.17) is 15.2 Å². The zero-order valence-electron chi connectivity index (χ0n) is 19.5. The third-order valence-corrected chi connectivity index (χ3v) is 5.91. The Balaban J connectivity index is 1.72. The molecular formula is C25H43N3O2. The van der Waals surface area contributed by atoms with Crippen LogP contribution in [0, 0.1) is 0 Å². The molecular weight excluding hydrogens is 374 g/mol. The molecule has 2 aliphatic heterocycles. The summed E-state index contributed by atoms with van der Waals surface area (Å²) in [6, 6.07) is 0. The van der Waals surface area contributed by atoms with Crippen molar-refractivity contribution in [2.75, 3.05) is 33.0 Å². The number of likely N-dealkylation sites (tertiary alicyclic amines) is 1. The molecule has 0 aliphatic carbocycles. The van der Waals surface area contributed by atoms with Crippen LogP contribution in [0.4, 0.5) is 0 Å². The number of ether oxygens (including phenoxy) is 2. The summed E-state index contributed by atoms with van der Waals surface area (Å²) >= 11 is 0. The van der Waals surface area contributed by atoms with Crippen LogP contribution < -0.4 is 11.1 Å². The topological polar surface area (TPSA) is 59.8 Å². The van der Waals surface area contributed by atoms with Crippen LogP contribution in [0.3, 0.4) is 0 Å². The van der Waals surface area contributed by atoms with Crippen molar-refractivity contribution in [3.63, 3.8) is 0 Å². The lowest BCUT2D eigenvalue weighted by Gasteiger charge is -2.27. The summed E-state index contributed by atoms with van der Waals surface area (Å²) in [7, 11) is 0. The van der Waals surface area contributed by atoms with Crippen molar-refractivity contribution >= 4 is 0 Å². The molecule has 3 N–H and O–H groups in total. The monoisotopic (exact) mass is 417 g/mol. The standard InChI is InChI=1S/C25H43N3O2/c1-4-11-23-19-24(30-20-29-23)21(3)12-14-27-15-13-22(5-2)18-25(26)28-16-9-7-6-8-10-17-28/h5,11,18,27H,4,6-10,12-17,19-20,26H2,1-3H3/b22-5-,23-11+,24-21-,25-18+. The fraction of sp³-hybridized carbons (Fsp3) is 0.680. The van der Waals surface area contributed by atoms with Crippen LogP contribution in [-0.4, -0.2) is 37.9 Å². The van der Waals surface area contributed by atoms with Gasteiger partial charge in [-0.05, 0) is 82.3 Å². The zero-order valence-corrected chi connectivity index (χ0v) is 19.5. The Morgan fingerprint density at radius 3 is 2.47 bits per heavy atom. The van der Waals surface area contributed by atoms with Crippen LogP contribution >= 0.6 is 0 Å². The molecule has 2 heterocycles. The lowest BCUT2D eigenvalue weighted by molar-refractivity contribution is -0.0232. The quantitative estimate of drug-likeness (QED) is 0.392. The second kappa shape index (κ2) is 14.2.